The Bertz CT molecular complexity index is 869. The number of carbonyl (C=O) groups is 1. The summed E-state index contributed by atoms with van der Waals surface area (Å²) in [4.78, 5) is 26.4. The largest absolute Gasteiger partial charge is 0.361 e. The van der Waals surface area contributed by atoms with Crippen LogP contribution in [0.25, 0.3) is 22.3 Å². The van der Waals surface area contributed by atoms with E-state index in [1.54, 1.807) is 12.4 Å². The molecule has 1 aliphatic rings. The molecule has 5 nitrogen and oxygen atoms in total. The zero-order valence-corrected chi connectivity index (χ0v) is 13.7. The standard InChI is InChI=1S/C19H20N4O.H2/c1-23(16-4-2-3-5-16)19(24)15-11-21-18(22-12-15)14-6-7-17-13(10-14)8-9-20-17;/h6-12,16,20H,2-5H2,1H3;1H. The first kappa shape index (κ1) is 14.9. The van der Waals surface area contributed by atoms with Crippen LogP contribution in [0.3, 0.4) is 0 Å². The van der Waals surface area contributed by atoms with Gasteiger partial charge in [0.15, 0.2) is 5.82 Å². The number of hydrogen-bond donors (Lipinski definition) is 1. The summed E-state index contributed by atoms with van der Waals surface area (Å²) in [6.45, 7) is 0. The monoisotopic (exact) mass is 322 g/mol. The predicted molar refractivity (Wildman–Crippen MR) is 95.8 cm³/mol. The lowest BCUT2D eigenvalue weighted by Gasteiger charge is -2.24. The van der Waals surface area contributed by atoms with E-state index in [-0.39, 0.29) is 7.33 Å². The zero-order valence-electron chi connectivity index (χ0n) is 13.7. The number of nitrogens with one attached hydrogen (secondary N) is 1. The van der Waals surface area contributed by atoms with Gasteiger partial charge >= 0.3 is 0 Å². The maximum absolute atomic E-state index is 12.6. The van der Waals surface area contributed by atoms with Crippen molar-refractivity contribution in [2.45, 2.75) is 31.7 Å². The lowest BCUT2D eigenvalue weighted by molar-refractivity contribution is 0.0734. The van der Waals surface area contributed by atoms with Gasteiger partial charge in [0.1, 0.15) is 0 Å². The van der Waals surface area contributed by atoms with Crippen LogP contribution < -0.4 is 0 Å². The van der Waals surface area contributed by atoms with E-state index in [4.69, 9.17) is 0 Å². The van der Waals surface area contributed by atoms with Crippen LogP contribution in [0, 0.1) is 0 Å². The van der Waals surface area contributed by atoms with Crippen molar-refractivity contribution in [1.29, 1.82) is 0 Å². The fourth-order valence-electron chi connectivity index (χ4n) is 3.44. The normalized spacial score (nSPS) is 15.0. The summed E-state index contributed by atoms with van der Waals surface area (Å²) in [5, 5.41) is 1.12. The second-order valence-electron chi connectivity index (χ2n) is 6.43. The molecule has 124 valence electrons. The van der Waals surface area contributed by atoms with E-state index in [1.807, 2.05) is 42.4 Å². The number of amides is 1. The van der Waals surface area contributed by atoms with Crippen molar-refractivity contribution in [2.75, 3.05) is 7.05 Å². The van der Waals surface area contributed by atoms with Gasteiger partial charge < -0.3 is 9.88 Å². The van der Waals surface area contributed by atoms with Gasteiger partial charge in [0, 0.05) is 49.6 Å². The van der Waals surface area contributed by atoms with E-state index in [0.29, 0.717) is 17.4 Å². The van der Waals surface area contributed by atoms with Gasteiger partial charge in [-0.1, -0.05) is 12.8 Å². The molecule has 1 saturated carbocycles. The Morgan fingerprint density at radius 1 is 1.21 bits per heavy atom. The van der Waals surface area contributed by atoms with Crippen molar-refractivity contribution >= 4 is 16.8 Å². The summed E-state index contributed by atoms with van der Waals surface area (Å²) in [5.41, 5.74) is 2.59. The molecule has 2 heterocycles. The maximum atomic E-state index is 12.6. The smallest absolute Gasteiger partial charge is 0.256 e. The second kappa shape index (κ2) is 6.07. The molecular formula is C19H22N4O. The van der Waals surface area contributed by atoms with Gasteiger partial charge in [-0.3, -0.25) is 4.79 Å². The van der Waals surface area contributed by atoms with Crippen molar-refractivity contribution in [3.05, 3.63) is 48.4 Å². The third-order valence-electron chi connectivity index (χ3n) is 4.90. The minimum atomic E-state index is 0. The molecule has 24 heavy (non-hydrogen) atoms. The van der Waals surface area contributed by atoms with Crippen LogP contribution in [-0.4, -0.2) is 38.8 Å². The summed E-state index contributed by atoms with van der Waals surface area (Å²) < 4.78 is 0. The zero-order chi connectivity index (χ0) is 16.5. The van der Waals surface area contributed by atoms with Crippen LogP contribution in [0.4, 0.5) is 0 Å². The Hall–Kier alpha value is -2.69. The number of benzene rings is 1. The van der Waals surface area contributed by atoms with Crippen LogP contribution in [0.2, 0.25) is 0 Å². The van der Waals surface area contributed by atoms with E-state index in [9.17, 15) is 4.79 Å². The number of fused-ring (bicyclic) bond motifs is 1. The summed E-state index contributed by atoms with van der Waals surface area (Å²) in [5.74, 6) is 0.646. The molecule has 0 aliphatic heterocycles. The first-order valence-corrected chi connectivity index (χ1v) is 8.39. The average Bonchev–Trinajstić information content (AvgIpc) is 3.31. The number of nitrogens with zero attached hydrogens (tertiary/aromatic N) is 3. The topological polar surface area (TPSA) is 61.9 Å². The summed E-state index contributed by atoms with van der Waals surface area (Å²) in [7, 11) is 1.88. The van der Waals surface area contributed by atoms with Crippen molar-refractivity contribution in [3.8, 4) is 11.4 Å². The molecule has 1 N–H and O–H groups in total. The minimum absolute atomic E-state index is 0. The molecule has 3 aromatic rings. The Morgan fingerprint density at radius 3 is 2.71 bits per heavy atom. The number of carbonyl (C=O) groups excluding carboxylic acids is 1. The highest BCUT2D eigenvalue weighted by atomic mass is 16.2. The third kappa shape index (κ3) is 2.66. The summed E-state index contributed by atoms with van der Waals surface area (Å²) in [6.07, 6.45) is 9.79. The van der Waals surface area contributed by atoms with E-state index >= 15 is 0 Å². The molecule has 1 aliphatic carbocycles. The first-order valence-electron chi connectivity index (χ1n) is 8.39. The molecule has 4 rings (SSSR count). The van der Waals surface area contributed by atoms with Gasteiger partial charge in [0.05, 0.1) is 5.56 Å². The lowest BCUT2D eigenvalue weighted by Crippen LogP contribution is -2.35. The van der Waals surface area contributed by atoms with E-state index < -0.39 is 0 Å². The highest BCUT2D eigenvalue weighted by Crippen LogP contribution is 2.24. The summed E-state index contributed by atoms with van der Waals surface area (Å²) >= 11 is 0. The van der Waals surface area contributed by atoms with Crippen LogP contribution in [0.5, 0.6) is 0 Å². The molecule has 2 aromatic heterocycles. The fourth-order valence-corrected chi connectivity index (χ4v) is 3.44. The van der Waals surface area contributed by atoms with Gasteiger partial charge in [-0.05, 0) is 37.1 Å². The molecular weight excluding hydrogens is 300 g/mol. The molecule has 5 heteroatoms. The average molecular weight is 322 g/mol. The predicted octanol–water partition coefficient (Wildman–Crippen LogP) is 3.89. The molecule has 0 atom stereocenters. The van der Waals surface area contributed by atoms with Crippen molar-refractivity contribution < 1.29 is 6.22 Å². The van der Waals surface area contributed by atoms with E-state index in [2.05, 4.69) is 15.0 Å². The molecule has 1 aromatic carbocycles. The molecule has 0 saturated heterocycles. The van der Waals surface area contributed by atoms with Crippen LogP contribution in [0.15, 0.2) is 42.9 Å². The van der Waals surface area contributed by atoms with Crippen molar-refractivity contribution in [3.63, 3.8) is 0 Å². The lowest BCUT2D eigenvalue weighted by atomic mass is 10.1. The van der Waals surface area contributed by atoms with Gasteiger partial charge in [0.25, 0.3) is 5.91 Å². The SMILES string of the molecule is CN(C(=O)c1cnc(-c2ccc3[nH]ccc3c2)nc1)C1CCCC1.[HH]. The Balaban J connectivity index is 0.00000182. The molecule has 1 fully saturated rings. The first-order chi connectivity index (χ1) is 11.7. The highest BCUT2D eigenvalue weighted by molar-refractivity contribution is 5.94. The van der Waals surface area contributed by atoms with Gasteiger partial charge in [0.2, 0.25) is 0 Å². The van der Waals surface area contributed by atoms with Crippen molar-refractivity contribution in [2.24, 2.45) is 0 Å². The van der Waals surface area contributed by atoms with Crippen LogP contribution in [-0.2, 0) is 0 Å². The molecule has 1 amide bonds. The number of aromatic amines is 1. The summed E-state index contributed by atoms with van der Waals surface area (Å²) in [6, 6.07) is 8.43. The van der Waals surface area contributed by atoms with E-state index in [0.717, 1.165) is 29.3 Å². The van der Waals surface area contributed by atoms with Gasteiger partial charge in [-0.2, -0.15) is 0 Å². The number of hydrogen-bond acceptors (Lipinski definition) is 3. The molecule has 0 unspecified atom stereocenters. The molecule has 0 radical (unpaired) electrons. The van der Waals surface area contributed by atoms with Gasteiger partial charge in [-0.25, -0.2) is 9.97 Å². The fraction of sp³-hybridized carbons (Fsp3) is 0.316. The maximum Gasteiger partial charge on any atom is 0.256 e. The van der Waals surface area contributed by atoms with Crippen LogP contribution in [0.1, 0.15) is 37.5 Å². The number of H-pyrrole nitrogens is 1. The quantitative estimate of drug-likeness (QED) is 0.796. The highest BCUT2D eigenvalue weighted by Gasteiger charge is 2.24. The molecule has 0 spiro atoms. The van der Waals surface area contributed by atoms with Crippen molar-refractivity contribution in [1.82, 2.24) is 19.9 Å². The van der Waals surface area contributed by atoms with E-state index in [1.165, 1.54) is 12.8 Å². The Kier molecular flexibility index (Phi) is 3.76. The Morgan fingerprint density at radius 2 is 1.96 bits per heavy atom. The minimum Gasteiger partial charge on any atom is -0.361 e. The molecule has 0 bridgehead atoms. The number of aromatic nitrogens is 3. The number of rotatable bonds is 3. The third-order valence-corrected chi connectivity index (χ3v) is 4.90. The Labute approximate surface area is 142 Å². The van der Waals surface area contributed by atoms with Gasteiger partial charge in [-0.15, -0.1) is 0 Å². The van der Waals surface area contributed by atoms with Crippen LogP contribution >= 0.6 is 0 Å². The second-order valence-corrected chi connectivity index (χ2v) is 6.43.